The van der Waals surface area contributed by atoms with Gasteiger partial charge in [0.25, 0.3) is 10.0 Å². The number of hydrogen-bond donors (Lipinski definition) is 2. The maximum atomic E-state index is 14.2. The van der Waals surface area contributed by atoms with E-state index in [4.69, 9.17) is 0 Å². The van der Waals surface area contributed by atoms with Gasteiger partial charge in [0.15, 0.2) is 0 Å². The highest BCUT2D eigenvalue weighted by molar-refractivity contribution is 7.93. The first-order valence-electron chi connectivity index (χ1n) is 7.49. The average molecular weight is 347 g/mol. The van der Waals surface area contributed by atoms with Crippen molar-refractivity contribution in [2.45, 2.75) is 6.54 Å². The molecule has 24 heavy (non-hydrogen) atoms. The van der Waals surface area contributed by atoms with E-state index in [0.717, 1.165) is 9.54 Å². The molecule has 0 fully saturated rings. The summed E-state index contributed by atoms with van der Waals surface area (Å²) in [5, 5.41) is 5.87. The summed E-state index contributed by atoms with van der Waals surface area (Å²) >= 11 is 0. The monoisotopic (exact) mass is 347 g/mol. The van der Waals surface area contributed by atoms with Gasteiger partial charge in [-0.1, -0.05) is 12.1 Å². The highest BCUT2D eigenvalue weighted by atomic mass is 32.2. The van der Waals surface area contributed by atoms with Gasteiger partial charge in [-0.25, -0.2) is 16.8 Å². The molecule has 0 radical (unpaired) electrons. The molecule has 0 saturated heterocycles. The Labute approximate surface area is 140 Å². The van der Waals surface area contributed by atoms with Crippen molar-refractivity contribution < 1.29 is 12.8 Å². The zero-order chi connectivity index (χ0) is 17.2. The van der Waals surface area contributed by atoms with Crippen LogP contribution in [0.25, 0.3) is 11.3 Å². The number of dihydropyridines is 1. The minimum atomic E-state index is -3.79. The summed E-state index contributed by atoms with van der Waals surface area (Å²) in [6.45, 7) is 0.691. The molecule has 1 aromatic carbocycles. The molecule has 2 heterocycles. The van der Waals surface area contributed by atoms with Crippen LogP contribution >= 0.6 is 0 Å². The first kappa shape index (κ1) is 16.5. The number of aromatic nitrogens is 1. The number of hydrogen-bond acceptors (Lipinski definition) is 4. The van der Waals surface area contributed by atoms with Crippen LogP contribution in [-0.4, -0.2) is 26.0 Å². The summed E-state index contributed by atoms with van der Waals surface area (Å²) in [4.78, 5) is 0.231. The Morgan fingerprint density at radius 3 is 2.79 bits per heavy atom. The van der Waals surface area contributed by atoms with Crippen molar-refractivity contribution in [2.75, 3.05) is 13.6 Å². The van der Waals surface area contributed by atoms with Gasteiger partial charge in [-0.05, 0) is 49.2 Å². The lowest BCUT2D eigenvalue weighted by Crippen LogP contribution is -2.24. The van der Waals surface area contributed by atoms with Crippen molar-refractivity contribution in [3.8, 4) is 11.3 Å². The molecule has 0 bridgehead atoms. The van der Waals surface area contributed by atoms with Crippen molar-refractivity contribution >= 4 is 10.0 Å². The van der Waals surface area contributed by atoms with E-state index in [2.05, 4.69) is 10.6 Å². The van der Waals surface area contributed by atoms with E-state index in [1.54, 1.807) is 49.7 Å². The minimum absolute atomic E-state index is 0.203. The van der Waals surface area contributed by atoms with Crippen LogP contribution in [0.15, 0.2) is 59.8 Å². The molecule has 1 aromatic heterocycles. The number of nitrogens with zero attached hydrogens (tertiary/aromatic N) is 1. The van der Waals surface area contributed by atoms with Gasteiger partial charge in [-0.2, -0.15) is 0 Å². The fraction of sp³-hybridized carbons (Fsp3) is 0.176. The lowest BCUT2D eigenvalue weighted by Gasteiger charge is -2.15. The first-order chi connectivity index (χ1) is 11.5. The van der Waals surface area contributed by atoms with E-state index in [0.29, 0.717) is 12.2 Å². The molecular formula is C17H18FN3O2S. The highest BCUT2D eigenvalue weighted by Gasteiger charge is 2.25. The summed E-state index contributed by atoms with van der Waals surface area (Å²) in [5.74, 6) is -0.460. The summed E-state index contributed by atoms with van der Waals surface area (Å²) < 4.78 is 41.4. The number of nitrogens with one attached hydrogen (secondary N) is 2. The van der Waals surface area contributed by atoms with E-state index in [-0.39, 0.29) is 17.0 Å². The third kappa shape index (κ3) is 3.00. The van der Waals surface area contributed by atoms with Gasteiger partial charge >= 0.3 is 0 Å². The smallest absolute Gasteiger partial charge is 0.266 e. The first-order valence-corrected chi connectivity index (χ1v) is 8.93. The van der Waals surface area contributed by atoms with Crippen molar-refractivity contribution in [3.05, 3.63) is 71.2 Å². The van der Waals surface area contributed by atoms with Crippen LogP contribution in [-0.2, 0) is 16.6 Å². The standard InChI is InChI=1S/C17H18FN3O2S/c1-19-10-13-9-17(15-6-2-3-7-16(15)18)21(12-13)24(22,23)14-5-4-8-20-11-14/h2-9,12,19-20H,10-11H2,1H3. The third-order valence-electron chi connectivity index (χ3n) is 3.74. The Morgan fingerprint density at radius 2 is 2.12 bits per heavy atom. The van der Waals surface area contributed by atoms with Gasteiger partial charge in [-0.3, -0.25) is 0 Å². The highest BCUT2D eigenvalue weighted by Crippen LogP contribution is 2.28. The molecule has 0 aliphatic carbocycles. The Balaban J connectivity index is 2.18. The van der Waals surface area contributed by atoms with Crippen LogP contribution in [0.2, 0.25) is 0 Å². The molecule has 126 valence electrons. The van der Waals surface area contributed by atoms with Gasteiger partial charge in [0, 0.05) is 18.3 Å². The van der Waals surface area contributed by atoms with Crippen LogP contribution < -0.4 is 10.6 Å². The SMILES string of the molecule is CNCc1cc(-c2ccccc2F)n(S(=O)(=O)C2=CC=CNC2)c1. The molecule has 5 nitrogen and oxygen atoms in total. The van der Waals surface area contributed by atoms with Crippen molar-refractivity contribution in [2.24, 2.45) is 0 Å². The van der Waals surface area contributed by atoms with Gasteiger partial charge in [-0.15, -0.1) is 0 Å². The second kappa shape index (κ2) is 6.62. The molecule has 0 spiro atoms. The van der Waals surface area contributed by atoms with Crippen LogP contribution in [0.1, 0.15) is 5.56 Å². The lowest BCUT2D eigenvalue weighted by atomic mass is 10.1. The Morgan fingerprint density at radius 1 is 1.33 bits per heavy atom. The molecule has 7 heteroatoms. The predicted octanol–water partition coefficient (Wildman–Crippen LogP) is 2.19. The van der Waals surface area contributed by atoms with Crippen molar-refractivity contribution in [1.29, 1.82) is 0 Å². The van der Waals surface area contributed by atoms with Gasteiger partial charge < -0.3 is 10.6 Å². The molecule has 0 amide bonds. The van der Waals surface area contributed by atoms with E-state index < -0.39 is 15.8 Å². The van der Waals surface area contributed by atoms with Crippen LogP contribution in [0.5, 0.6) is 0 Å². The number of benzene rings is 1. The maximum Gasteiger partial charge on any atom is 0.266 e. The molecule has 3 rings (SSSR count). The third-order valence-corrected chi connectivity index (χ3v) is 5.50. The molecular weight excluding hydrogens is 329 g/mol. The second-order valence-electron chi connectivity index (χ2n) is 5.42. The van der Waals surface area contributed by atoms with E-state index in [9.17, 15) is 12.8 Å². The molecule has 0 saturated carbocycles. The van der Waals surface area contributed by atoms with Crippen LogP contribution in [0.3, 0.4) is 0 Å². The fourth-order valence-corrected chi connectivity index (χ4v) is 4.06. The van der Waals surface area contributed by atoms with Crippen molar-refractivity contribution in [3.63, 3.8) is 0 Å². The summed E-state index contributed by atoms with van der Waals surface area (Å²) in [5.41, 5.74) is 1.33. The van der Waals surface area contributed by atoms with E-state index in [1.165, 1.54) is 12.3 Å². The molecule has 0 atom stereocenters. The largest absolute Gasteiger partial charge is 0.386 e. The van der Waals surface area contributed by atoms with Crippen molar-refractivity contribution in [1.82, 2.24) is 14.6 Å². The Hall–Kier alpha value is -2.38. The zero-order valence-electron chi connectivity index (χ0n) is 13.2. The fourth-order valence-electron chi connectivity index (χ4n) is 2.61. The van der Waals surface area contributed by atoms with E-state index in [1.807, 2.05) is 0 Å². The molecule has 2 N–H and O–H groups in total. The number of rotatable bonds is 5. The quantitative estimate of drug-likeness (QED) is 0.870. The van der Waals surface area contributed by atoms with Gasteiger partial charge in [0.2, 0.25) is 0 Å². The summed E-state index contributed by atoms with van der Waals surface area (Å²) in [6, 6.07) is 7.85. The van der Waals surface area contributed by atoms with Gasteiger partial charge in [0.05, 0.1) is 17.1 Å². The van der Waals surface area contributed by atoms with Gasteiger partial charge in [0.1, 0.15) is 5.82 Å². The van der Waals surface area contributed by atoms with E-state index >= 15 is 0 Å². The predicted molar refractivity (Wildman–Crippen MR) is 92.1 cm³/mol. The molecule has 1 aliphatic rings. The van der Waals surface area contributed by atoms with Crippen LogP contribution in [0, 0.1) is 5.82 Å². The molecule has 1 aliphatic heterocycles. The summed E-state index contributed by atoms with van der Waals surface area (Å²) in [7, 11) is -2.01. The second-order valence-corrected chi connectivity index (χ2v) is 7.29. The van der Waals surface area contributed by atoms with Crippen LogP contribution in [0.4, 0.5) is 4.39 Å². The average Bonchev–Trinajstić information content (AvgIpc) is 3.01. The number of allylic oxidation sites excluding steroid dienone is 2. The molecule has 0 unspecified atom stereocenters. The topological polar surface area (TPSA) is 63.1 Å². The maximum absolute atomic E-state index is 14.2. The Kier molecular flexibility index (Phi) is 4.55. The Bertz CT molecular complexity index is 914. The number of halogens is 1. The molecule has 2 aromatic rings. The zero-order valence-corrected chi connectivity index (χ0v) is 14.0. The minimum Gasteiger partial charge on any atom is -0.386 e. The normalized spacial score (nSPS) is 14.3. The lowest BCUT2D eigenvalue weighted by molar-refractivity contribution is 0.592. The summed E-state index contributed by atoms with van der Waals surface area (Å²) in [6.07, 6.45) is 6.40.